The molecule has 16 heteroatoms. The van der Waals surface area contributed by atoms with Crippen LogP contribution in [0.1, 0.15) is 33.4 Å². The van der Waals surface area contributed by atoms with Crippen molar-refractivity contribution in [2.45, 2.75) is 12.4 Å². The number of hydrogen-bond acceptors (Lipinski definition) is 4. The molecule has 2 heterocycles. The van der Waals surface area contributed by atoms with Gasteiger partial charge in [0.05, 0.1) is 94.9 Å². The van der Waals surface area contributed by atoms with Crippen LogP contribution in [0.15, 0.2) is 182 Å². The Bertz CT molecular complexity index is 4740. The molecule has 0 radical (unpaired) electrons. The Balaban J connectivity index is 1.11. The second-order valence-corrected chi connectivity index (χ2v) is 19.9. The monoisotopic (exact) mass is 1120 g/mol. The van der Waals surface area contributed by atoms with E-state index in [4.69, 9.17) is 26.3 Å². The Morgan fingerprint density at radius 3 is 1.08 bits per heavy atom. The number of alkyl halides is 6. The summed E-state index contributed by atoms with van der Waals surface area (Å²) in [4.78, 5) is 14.3. The van der Waals surface area contributed by atoms with Crippen molar-refractivity contribution in [3.63, 3.8) is 0 Å². The summed E-state index contributed by atoms with van der Waals surface area (Å²) in [5.74, 6) is 0. The van der Waals surface area contributed by atoms with E-state index in [9.17, 15) is 21.0 Å². The predicted molar refractivity (Wildman–Crippen MR) is 316 cm³/mol. The first-order valence-corrected chi connectivity index (χ1v) is 25.8. The summed E-state index contributed by atoms with van der Waals surface area (Å²) in [6.45, 7) is 30.9. The van der Waals surface area contributed by atoms with Gasteiger partial charge in [-0.2, -0.15) is 47.4 Å². The topological polar surface area (TPSA) is 122 Å². The minimum absolute atomic E-state index is 0.0460. The van der Waals surface area contributed by atoms with Gasteiger partial charge in [-0.05, 0) is 171 Å². The number of nitrogens with zero attached hydrogens (tertiary/aromatic N) is 10. The van der Waals surface area contributed by atoms with E-state index in [-0.39, 0.29) is 56.4 Å². The first kappa shape index (κ1) is 53.9. The summed E-state index contributed by atoms with van der Waals surface area (Å²) < 4.78 is 97.3. The van der Waals surface area contributed by atoms with Crippen LogP contribution in [0.3, 0.4) is 0 Å². The van der Waals surface area contributed by atoms with Crippen molar-refractivity contribution in [1.82, 2.24) is 9.13 Å². The lowest BCUT2D eigenvalue weighted by Crippen LogP contribution is -2.12. The van der Waals surface area contributed by atoms with Crippen molar-refractivity contribution < 1.29 is 26.3 Å². The summed E-state index contributed by atoms with van der Waals surface area (Å²) in [5, 5.41) is 41.7. The van der Waals surface area contributed by atoms with E-state index in [1.54, 1.807) is 130 Å². The summed E-state index contributed by atoms with van der Waals surface area (Å²) in [5.41, 5.74) is 3.20. The molecular weight excluding hydrogens is 1090 g/mol. The number of fused-ring (bicyclic) bond motifs is 6. The molecule has 0 aliphatic heterocycles. The quantitative estimate of drug-likeness (QED) is 0.116. The van der Waals surface area contributed by atoms with E-state index in [0.29, 0.717) is 88.1 Å². The van der Waals surface area contributed by atoms with Crippen LogP contribution in [0.4, 0.5) is 49.1 Å². The molecule has 0 aliphatic rings. The number of hydrogen-bond donors (Lipinski definition) is 0. The first-order valence-electron chi connectivity index (χ1n) is 25.8. The Morgan fingerprint density at radius 2 is 0.686 bits per heavy atom. The molecule has 0 fully saturated rings. The Hall–Kier alpha value is -12.7. The third-order valence-electron chi connectivity index (χ3n) is 15.2. The van der Waals surface area contributed by atoms with Gasteiger partial charge in [-0.15, -0.1) is 0 Å². The lowest BCUT2D eigenvalue weighted by atomic mass is 9.93. The molecular formula is C70H30F6N10. The van der Waals surface area contributed by atoms with Gasteiger partial charge in [0.15, 0.2) is 22.7 Å². The fourth-order valence-electron chi connectivity index (χ4n) is 11.3. The van der Waals surface area contributed by atoms with Gasteiger partial charge in [0, 0.05) is 44.0 Å². The molecule has 0 unspecified atom stereocenters. The molecule has 10 nitrogen and oxygen atoms in total. The smallest absolute Gasteiger partial charge is 0.309 e. The Labute approximate surface area is 485 Å². The Morgan fingerprint density at radius 1 is 0.326 bits per heavy atom. The average Bonchev–Trinajstić information content (AvgIpc) is 1.75. The van der Waals surface area contributed by atoms with Crippen molar-refractivity contribution in [3.8, 4) is 91.3 Å². The molecule has 0 atom stereocenters. The second kappa shape index (κ2) is 20.7. The van der Waals surface area contributed by atoms with Crippen molar-refractivity contribution in [2.24, 2.45) is 0 Å². The second-order valence-electron chi connectivity index (χ2n) is 19.9. The first-order chi connectivity index (χ1) is 41.5. The van der Waals surface area contributed by atoms with E-state index >= 15 is 26.3 Å². The van der Waals surface area contributed by atoms with Crippen molar-refractivity contribution in [1.29, 1.82) is 21.0 Å². The van der Waals surface area contributed by atoms with Gasteiger partial charge in [0.2, 0.25) is 0 Å². The highest BCUT2D eigenvalue weighted by Gasteiger charge is 2.39. The van der Waals surface area contributed by atoms with Gasteiger partial charge in [-0.3, -0.25) is 0 Å². The number of nitriles is 4. The summed E-state index contributed by atoms with van der Waals surface area (Å²) >= 11 is 0. The van der Waals surface area contributed by atoms with E-state index < -0.39 is 34.6 Å². The number of aromatic nitrogens is 2. The molecule has 10 aromatic carbocycles. The van der Waals surface area contributed by atoms with Crippen LogP contribution >= 0.6 is 0 Å². The van der Waals surface area contributed by atoms with Crippen molar-refractivity contribution >= 4 is 66.4 Å². The zero-order valence-electron chi connectivity index (χ0n) is 44.1. The van der Waals surface area contributed by atoms with Gasteiger partial charge in [0.1, 0.15) is 0 Å². The molecule has 0 aliphatic carbocycles. The van der Waals surface area contributed by atoms with Crippen LogP contribution in [0, 0.1) is 71.6 Å². The van der Waals surface area contributed by atoms with Crippen LogP contribution in [-0.4, -0.2) is 9.13 Å². The minimum Gasteiger partial charge on any atom is -0.309 e. The lowest BCUT2D eigenvalue weighted by molar-refractivity contribution is -0.139. The molecule has 86 heavy (non-hydrogen) atoms. The molecule has 0 amide bonds. The highest BCUT2D eigenvalue weighted by atomic mass is 19.4. The van der Waals surface area contributed by atoms with Crippen LogP contribution in [-0.2, 0) is 12.4 Å². The molecule has 0 N–H and O–H groups in total. The highest BCUT2D eigenvalue weighted by molar-refractivity contribution is 6.14. The number of halogens is 6. The van der Waals surface area contributed by atoms with E-state index in [1.807, 2.05) is 12.1 Å². The van der Waals surface area contributed by atoms with Gasteiger partial charge < -0.3 is 9.13 Å². The maximum absolute atomic E-state index is 15.7. The predicted octanol–water partition coefficient (Wildman–Crippen LogP) is 19.9. The van der Waals surface area contributed by atoms with Crippen LogP contribution in [0.25, 0.3) is 130 Å². The fraction of sp³-hybridized carbons (Fsp3) is 0.0286. The largest absolute Gasteiger partial charge is 0.417 e. The van der Waals surface area contributed by atoms with Crippen molar-refractivity contribution in [2.75, 3.05) is 0 Å². The third kappa shape index (κ3) is 9.05. The summed E-state index contributed by atoms with van der Waals surface area (Å²) in [6.07, 6.45) is -10.4. The molecule has 402 valence electrons. The molecule has 12 aromatic rings. The van der Waals surface area contributed by atoms with Gasteiger partial charge in [-0.1, -0.05) is 66.7 Å². The standard InChI is InChI=1S/C70H30F6N10/c1-81-47-11-17-52(46(27-47)38-80)42-8-22-66-58(29-42)60-31-44(54-18-12-48(82-2)32-64(54)84-4)10-24-68(60)86(66)50-14-20-62(70(74,75)76)56(34-50)55-33-49(13-19-61(55)69(71,72)73)85-65-21-7-41(51-15-5-39(35-77)25-45(51)37-79)28-57(65)59-30-43(9-23-67(59)85)53-16-6-40(36-78)26-63(53)83-3/h5-34H. The van der Waals surface area contributed by atoms with Crippen LogP contribution in [0.5, 0.6) is 0 Å². The summed E-state index contributed by atoms with van der Waals surface area (Å²) in [6, 6.07) is 53.6. The summed E-state index contributed by atoms with van der Waals surface area (Å²) in [7, 11) is 0. The zero-order chi connectivity index (χ0) is 60.3. The van der Waals surface area contributed by atoms with Crippen LogP contribution < -0.4 is 0 Å². The van der Waals surface area contributed by atoms with Gasteiger partial charge in [0.25, 0.3) is 0 Å². The number of benzene rings is 10. The normalized spacial score (nSPS) is 11.3. The maximum Gasteiger partial charge on any atom is 0.417 e. The molecule has 0 spiro atoms. The highest BCUT2D eigenvalue weighted by Crippen LogP contribution is 2.48. The van der Waals surface area contributed by atoms with E-state index in [2.05, 4.69) is 31.5 Å². The molecule has 12 rings (SSSR count). The SMILES string of the molecule is [C-]#[N+]c1ccc(-c2ccc3c(c2)c2cc(-c4ccc([N+]#[C-])cc4[N+]#[C-])ccc2n3-c2ccc(C(F)(F)F)c(-c3cc(-n4c5ccc(-c6ccc(C#N)cc6C#N)cc5c5cc(-c6ccc(C#N)cc6[N+]#[C-])ccc54)ccc3C(F)(F)F)c2)c(C#N)c1. The Kier molecular flexibility index (Phi) is 13.0. The van der Waals surface area contributed by atoms with Gasteiger partial charge in [-0.25, -0.2) is 19.4 Å². The van der Waals surface area contributed by atoms with E-state index in [1.165, 1.54) is 36.4 Å². The average molecular weight is 1130 g/mol. The third-order valence-corrected chi connectivity index (χ3v) is 15.2. The van der Waals surface area contributed by atoms with Crippen molar-refractivity contribution in [3.05, 3.63) is 261 Å². The van der Waals surface area contributed by atoms with Crippen LogP contribution in [0.2, 0.25) is 0 Å². The van der Waals surface area contributed by atoms with Gasteiger partial charge >= 0.3 is 12.4 Å². The number of rotatable bonds is 7. The minimum atomic E-state index is -5.19. The maximum atomic E-state index is 15.7. The molecule has 0 saturated carbocycles. The fourth-order valence-corrected chi connectivity index (χ4v) is 11.3. The lowest BCUT2D eigenvalue weighted by Gasteiger charge is -2.21. The molecule has 0 bridgehead atoms. The molecule has 2 aromatic heterocycles. The zero-order valence-corrected chi connectivity index (χ0v) is 44.1. The van der Waals surface area contributed by atoms with E-state index in [0.717, 1.165) is 24.3 Å². The molecule has 0 saturated heterocycles.